The zero-order valence-electron chi connectivity index (χ0n) is 13.9. The quantitative estimate of drug-likeness (QED) is 0.703. The fraction of sp³-hybridized carbons (Fsp3) is 1.00. The van der Waals surface area contributed by atoms with Gasteiger partial charge in [-0.25, -0.2) is 0 Å². The van der Waals surface area contributed by atoms with E-state index in [9.17, 15) is 0 Å². The van der Waals surface area contributed by atoms with Crippen LogP contribution in [0.25, 0.3) is 0 Å². The van der Waals surface area contributed by atoms with Gasteiger partial charge < -0.3 is 10.2 Å². The number of hydrogen-bond donors (Lipinski definition) is 1. The lowest BCUT2D eigenvalue weighted by molar-refractivity contribution is 0.161. The summed E-state index contributed by atoms with van der Waals surface area (Å²) in [5.41, 5.74) is 0. The molecule has 0 aromatic heterocycles. The van der Waals surface area contributed by atoms with Gasteiger partial charge in [-0.05, 0) is 71.0 Å². The Morgan fingerprint density at radius 1 is 0.950 bits per heavy atom. The van der Waals surface area contributed by atoms with Gasteiger partial charge in [-0.3, -0.25) is 0 Å². The van der Waals surface area contributed by atoms with E-state index < -0.39 is 0 Å². The Morgan fingerprint density at radius 2 is 1.65 bits per heavy atom. The predicted molar refractivity (Wildman–Crippen MR) is 88.2 cm³/mol. The minimum atomic E-state index is 0.828. The van der Waals surface area contributed by atoms with Crippen molar-refractivity contribution in [1.82, 2.24) is 10.2 Å². The van der Waals surface area contributed by atoms with Crippen LogP contribution >= 0.6 is 0 Å². The number of rotatable bonds is 7. The van der Waals surface area contributed by atoms with Gasteiger partial charge >= 0.3 is 0 Å². The second kappa shape index (κ2) is 9.04. The maximum absolute atomic E-state index is 3.77. The normalized spacial score (nSPS) is 28.9. The van der Waals surface area contributed by atoms with Gasteiger partial charge in [-0.15, -0.1) is 0 Å². The van der Waals surface area contributed by atoms with E-state index in [1.165, 1.54) is 83.7 Å². The Balaban J connectivity index is 1.52. The molecule has 118 valence electrons. The molecule has 2 fully saturated rings. The molecule has 2 aliphatic carbocycles. The Hall–Kier alpha value is -0.0800. The molecule has 2 heteroatoms. The van der Waals surface area contributed by atoms with Crippen molar-refractivity contribution in [1.29, 1.82) is 0 Å². The number of hydrogen-bond acceptors (Lipinski definition) is 2. The van der Waals surface area contributed by atoms with Crippen LogP contribution in [0.15, 0.2) is 0 Å². The molecule has 0 bridgehead atoms. The fourth-order valence-electron chi connectivity index (χ4n) is 4.12. The van der Waals surface area contributed by atoms with E-state index in [1.807, 2.05) is 0 Å². The number of nitrogens with zero attached hydrogens (tertiary/aromatic N) is 1. The first-order chi connectivity index (χ1) is 9.79. The van der Waals surface area contributed by atoms with Crippen LogP contribution < -0.4 is 5.32 Å². The van der Waals surface area contributed by atoms with Gasteiger partial charge in [0.25, 0.3) is 0 Å². The maximum Gasteiger partial charge on any atom is 0.00924 e. The first-order valence-electron chi connectivity index (χ1n) is 9.23. The zero-order chi connectivity index (χ0) is 14.2. The topological polar surface area (TPSA) is 15.3 Å². The standard InChI is InChI=1S/C18H36N2/c1-3-16-10-12-18(13-11-16)20(2)15-7-14-19-17-8-5-4-6-9-17/h16-19H,3-15H2,1-2H3. The fourth-order valence-corrected chi connectivity index (χ4v) is 4.12. The molecule has 2 aliphatic rings. The smallest absolute Gasteiger partial charge is 0.00924 e. The van der Waals surface area contributed by atoms with E-state index in [2.05, 4.69) is 24.2 Å². The molecule has 0 aromatic rings. The van der Waals surface area contributed by atoms with Gasteiger partial charge in [0, 0.05) is 12.1 Å². The monoisotopic (exact) mass is 280 g/mol. The Bertz CT molecular complexity index is 240. The molecule has 0 aromatic carbocycles. The van der Waals surface area contributed by atoms with Crippen LogP contribution in [0.1, 0.15) is 77.6 Å². The summed E-state index contributed by atoms with van der Waals surface area (Å²) in [7, 11) is 2.34. The molecule has 0 atom stereocenters. The predicted octanol–water partition coefficient (Wildman–Crippen LogP) is 4.20. The Kier molecular flexibility index (Phi) is 7.37. The van der Waals surface area contributed by atoms with E-state index in [4.69, 9.17) is 0 Å². The van der Waals surface area contributed by atoms with E-state index in [0.717, 1.165) is 18.0 Å². The Morgan fingerprint density at radius 3 is 2.30 bits per heavy atom. The van der Waals surface area contributed by atoms with Crippen molar-refractivity contribution in [2.45, 2.75) is 89.6 Å². The minimum Gasteiger partial charge on any atom is -0.314 e. The Labute approximate surface area is 126 Å². The average molecular weight is 280 g/mol. The molecular weight excluding hydrogens is 244 g/mol. The lowest BCUT2D eigenvalue weighted by Crippen LogP contribution is -2.38. The van der Waals surface area contributed by atoms with Crippen LogP contribution in [0.5, 0.6) is 0 Å². The lowest BCUT2D eigenvalue weighted by Gasteiger charge is -2.34. The SMILES string of the molecule is CCC1CCC(N(C)CCCNC2CCCCC2)CC1. The van der Waals surface area contributed by atoms with Crippen molar-refractivity contribution in [2.75, 3.05) is 20.1 Å². The molecule has 2 saturated carbocycles. The van der Waals surface area contributed by atoms with Gasteiger partial charge in [0.05, 0.1) is 0 Å². The molecule has 0 saturated heterocycles. The van der Waals surface area contributed by atoms with Gasteiger partial charge in [0.2, 0.25) is 0 Å². The lowest BCUT2D eigenvalue weighted by atomic mass is 9.84. The summed E-state index contributed by atoms with van der Waals surface area (Å²) in [5.74, 6) is 1.02. The zero-order valence-corrected chi connectivity index (χ0v) is 13.9. The summed E-state index contributed by atoms with van der Waals surface area (Å²) < 4.78 is 0. The first kappa shape index (κ1) is 16.3. The highest BCUT2D eigenvalue weighted by Crippen LogP contribution is 2.28. The molecular formula is C18H36N2. The van der Waals surface area contributed by atoms with Crippen LogP contribution in [0.4, 0.5) is 0 Å². The molecule has 0 amide bonds. The van der Waals surface area contributed by atoms with E-state index >= 15 is 0 Å². The van der Waals surface area contributed by atoms with Gasteiger partial charge in [0.15, 0.2) is 0 Å². The van der Waals surface area contributed by atoms with Crippen molar-refractivity contribution in [2.24, 2.45) is 5.92 Å². The largest absolute Gasteiger partial charge is 0.314 e. The van der Waals surface area contributed by atoms with Crippen molar-refractivity contribution in [3.8, 4) is 0 Å². The van der Waals surface area contributed by atoms with Gasteiger partial charge in [-0.2, -0.15) is 0 Å². The highest BCUT2D eigenvalue weighted by molar-refractivity contribution is 4.78. The van der Waals surface area contributed by atoms with Crippen molar-refractivity contribution in [3.63, 3.8) is 0 Å². The molecule has 0 spiro atoms. The molecule has 2 nitrogen and oxygen atoms in total. The van der Waals surface area contributed by atoms with Crippen LogP contribution in [0, 0.1) is 5.92 Å². The first-order valence-corrected chi connectivity index (χ1v) is 9.23. The van der Waals surface area contributed by atoms with E-state index in [0.29, 0.717) is 0 Å². The number of nitrogens with one attached hydrogen (secondary N) is 1. The minimum absolute atomic E-state index is 0.828. The third-order valence-electron chi connectivity index (χ3n) is 5.74. The molecule has 0 unspecified atom stereocenters. The molecule has 20 heavy (non-hydrogen) atoms. The summed E-state index contributed by atoms with van der Waals surface area (Å²) in [6.45, 7) is 4.85. The van der Waals surface area contributed by atoms with Gasteiger partial charge in [-0.1, -0.05) is 32.6 Å². The molecule has 1 N–H and O–H groups in total. The second-order valence-corrected chi connectivity index (χ2v) is 7.21. The summed E-state index contributed by atoms with van der Waals surface area (Å²) >= 11 is 0. The van der Waals surface area contributed by atoms with Crippen LogP contribution in [-0.4, -0.2) is 37.1 Å². The molecule has 2 rings (SSSR count). The van der Waals surface area contributed by atoms with Crippen LogP contribution in [-0.2, 0) is 0 Å². The van der Waals surface area contributed by atoms with Crippen LogP contribution in [0.3, 0.4) is 0 Å². The average Bonchev–Trinajstić information content (AvgIpc) is 2.52. The van der Waals surface area contributed by atoms with Crippen molar-refractivity contribution < 1.29 is 0 Å². The third-order valence-corrected chi connectivity index (χ3v) is 5.74. The van der Waals surface area contributed by atoms with Gasteiger partial charge in [0.1, 0.15) is 0 Å². The summed E-state index contributed by atoms with van der Waals surface area (Å²) in [6, 6.07) is 1.70. The maximum atomic E-state index is 3.77. The summed E-state index contributed by atoms with van der Waals surface area (Å²) in [4.78, 5) is 2.63. The highest BCUT2D eigenvalue weighted by Gasteiger charge is 2.22. The summed E-state index contributed by atoms with van der Waals surface area (Å²) in [5, 5.41) is 3.77. The van der Waals surface area contributed by atoms with Crippen LogP contribution in [0.2, 0.25) is 0 Å². The second-order valence-electron chi connectivity index (χ2n) is 7.21. The van der Waals surface area contributed by atoms with Crippen molar-refractivity contribution in [3.05, 3.63) is 0 Å². The highest BCUT2D eigenvalue weighted by atomic mass is 15.1. The van der Waals surface area contributed by atoms with Crippen molar-refractivity contribution >= 4 is 0 Å². The summed E-state index contributed by atoms with van der Waals surface area (Å²) in [6.07, 6.45) is 15.7. The molecule has 0 aliphatic heterocycles. The van der Waals surface area contributed by atoms with E-state index in [-0.39, 0.29) is 0 Å². The third kappa shape index (κ3) is 5.37. The molecule has 0 heterocycles. The van der Waals surface area contributed by atoms with E-state index in [1.54, 1.807) is 0 Å². The molecule has 0 radical (unpaired) electrons.